The first kappa shape index (κ1) is 22.5. The molecule has 0 saturated carbocycles. The van der Waals surface area contributed by atoms with Crippen molar-refractivity contribution in [2.75, 3.05) is 11.9 Å². The van der Waals surface area contributed by atoms with Gasteiger partial charge in [-0.15, -0.1) is 11.3 Å². The monoisotopic (exact) mass is 483 g/mol. The van der Waals surface area contributed by atoms with Crippen LogP contribution in [-0.2, 0) is 14.3 Å². The molecule has 0 fully saturated rings. The molecule has 0 radical (unpaired) electrons. The molecule has 2 amide bonds. The Bertz CT molecular complexity index is 1320. The summed E-state index contributed by atoms with van der Waals surface area (Å²) in [7, 11) is 0. The van der Waals surface area contributed by atoms with Crippen molar-refractivity contribution in [2.45, 2.75) is 13.0 Å². The predicted octanol–water partition coefficient (Wildman–Crippen LogP) is 4.50. The largest absolute Gasteiger partial charge is 0.446 e. The Morgan fingerprint density at radius 1 is 1.12 bits per heavy atom. The fourth-order valence-corrected chi connectivity index (χ4v) is 4.52. The lowest BCUT2D eigenvalue weighted by Gasteiger charge is -2.17. The average Bonchev–Trinajstić information content (AvgIpc) is 3.39. The number of esters is 1. The molecule has 8 nitrogen and oxygen atoms in total. The van der Waals surface area contributed by atoms with Crippen LogP contribution in [0.2, 0.25) is 5.02 Å². The Kier molecular flexibility index (Phi) is 6.71. The van der Waals surface area contributed by atoms with Crippen molar-refractivity contribution in [2.24, 2.45) is 0 Å². The van der Waals surface area contributed by atoms with E-state index in [-0.39, 0.29) is 5.82 Å². The fraction of sp³-hybridized carbons (Fsp3) is 0.130. The number of hydrogen-bond donors (Lipinski definition) is 2. The number of thiophene rings is 1. The van der Waals surface area contributed by atoms with E-state index in [1.807, 2.05) is 24.3 Å². The van der Waals surface area contributed by atoms with Crippen molar-refractivity contribution in [3.8, 4) is 0 Å². The second-order valence-corrected chi connectivity index (χ2v) is 8.45. The van der Waals surface area contributed by atoms with Gasteiger partial charge in [0.05, 0.1) is 5.02 Å². The fourth-order valence-electron chi connectivity index (χ4n) is 3.08. The molecule has 0 aliphatic heterocycles. The topological polar surface area (TPSA) is 111 Å². The molecule has 1 unspecified atom stereocenters. The van der Waals surface area contributed by atoms with Crippen molar-refractivity contribution < 1.29 is 23.6 Å². The highest BCUT2D eigenvalue weighted by Crippen LogP contribution is 2.35. The Morgan fingerprint density at radius 2 is 1.85 bits per heavy atom. The summed E-state index contributed by atoms with van der Waals surface area (Å²) in [5, 5.41) is 9.86. The molecule has 0 saturated heterocycles. The SMILES string of the molecule is Cc1cc(NC(=O)C(OC(=O)CNC(=O)c2sc3ccccc3c2Cl)c2ccccc2)no1. The van der Waals surface area contributed by atoms with Gasteiger partial charge < -0.3 is 19.9 Å². The molecular formula is C23H18ClN3O5S. The van der Waals surface area contributed by atoms with Gasteiger partial charge in [0, 0.05) is 21.7 Å². The van der Waals surface area contributed by atoms with E-state index in [2.05, 4.69) is 15.8 Å². The summed E-state index contributed by atoms with van der Waals surface area (Å²) in [5.41, 5.74) is 0.461. The second-order valence-electron chi connectivity index (χ2n) is 7.02. The first-order chi connectivity index (χ1) is 15.9. The van der Waals surface area contributed by atoms with Crippen molar-refractivity contribution in [1.82, 2.24) is 10.5 Å². The molecule has 4 rings (SSSR count). The first-order valence-electron chi connectivity index (χ1n) is 9.86. The molecule has 4 aromatic rings. The zero-order chi connectivity index (χ0) is 23.4. The highest BCUT2D eigenvalue weighted by molar-refractivity contribution is 7.21. The highest BCUT2D eigenvalue weighted by atomic mass is 35.5. The van der Waals surface area contributed by atoms with Crippen LogP contribution in [0.1, 0.15) is 27.1 Å². The van der Waals surface area contributed by atoms with E-state index in [4.69, 9.17) is 20.9 Å². The zero-order valence-corrected chi connectivity index (χ0v) is 18.9. The summed E-state index contributed by atoms with van der Waals surface area (Å²) in [6.45, 7) is 1.24. The van der Waals surface area contributed by atoms with E-state index < -0.39 is 30.4 Å². The summed E-state index contributed by atoms with van der Waals surface area (Å²) in [6, 6.07) is 17.4. The number of nitrogens with zero attached hydrogens (tertiary/aromatic N) is 1. The lowest BCUT2D eigenvalue weighted by molar-refractivity contribution is -0.153. The number of fused-ring (bicyclic) bond motifs is 1. The second kappa shape index (κ2) is 9.85. The van der Waals surface area contributed by atoms with Gasteiger partial charge in [-0.1, -0.05) is 65.3 Å². The third-order valence-electron chi connectivity index (χ3n) is 4.60. The van der Waals surface area contributed by atoms with Gasteiger partial charge in [-0.2, -0.15) is 0 Å². The van der Waals surface area contributed by atoms with Crippen molar-refractivity contribution >= 4 is 56.6 Å². The molecule has 168 valence electrons. The number of nitrogens with one attached hydrogen (secondary N) is 2. The first-order valence-corrected chi connectivity index (χ1v) is 11.1. The quantitative estimate of drug-likeness (QED) is 0.374. The number of amides is 2. The Morgan fingerprint density at radius 3 is 2.55 bits per heavy atom. The van der Waals surface area contributed by atoms with Crippen LogP contribution in [0, 0.1) is 6.92 Å². The molecule has 0 spiro atoms. The molecule has 0 aliphatic rings. The summed E-state index contributed by atoms with van der Waals surface area (Å²) < 4.78 is 11.2. The number of aromatic nitrogens is 1. The van der Waals surface area contributed by atoms with Gasteiger partial charge in [-0.3, -0.25) is 14.4 Å². The normalized spacial score (nSPS) is 11.7. The lowest BCUT2D eigenvalue weighted by atomic mass is 10.1. The minimum atomic E-state index is -1.25. The number of rotatable bonds is 7. The van der Waals surface area contributed by atoms with Gasteiger partial charge in [0.25, 0.3) is 11.8 Å². The Hall–Kier alpha value is -3.69. The molecule has 2 aromatic heterocycles. The third-order valence-corrected chi connectivity index (χ3v) is 6.28. The van der Waals surface area contributed by atoms with Crippen molar-refractivity contribution in [3.05, 3.63) is 81.9 Å². The summed E-state index contributed by atoms with van der Waals surface area (Å²) in [6.07, 6.45) is -1.25. The number of halogens is 1. The van der Waals surface area contributed by atoms with Crippen molar-refractivity contribution in [3.63, 3.8) is 0 Å². The van der Waals surface area contributed by atoms with Crippen LogP contribution in [0.5, 0.6) is 0 Å². The van der Waals surface area contributed by atoms with E-state index in [1.165, 1.54) is 17.4 Å². The van der Waals surface area contributed by atoms with E-state index in [9.17, 15) is 14.4 Å². The number of carbonyl (C=O) groups excluding carboxylic acids is 3. The van der Waals surface area contributed by atoms with Gasteiger partial charge in [0.2, 0.25) is 6.10 Å². The highest BCUT2D eigenvalue weighted by Gasteiger charge is 2.26. The number of ether oxygens (including phenoxy) is 1. The van der Waals surface area contributed by atoms with Gasteiger partial charge in [0.15, 0.2) is 5.82 Å². The maximum absolute atomic E-state index is 12.8. The smallest absolute Gasteiger partial charge is 0.326 e. The third kappa shape index (κ3) is 5.21. The molecule has 2 aromatic carbocycles. The molecule has 1 atom stereocenters. The molecule has 2 heterocycles. The maximum Gasteiger partial charge on any atom is 0.326 e. The maximum atomic E-state index is 12.8. The van der Waals surface area contributed by atoms with Crippen LogP contribution in [0.4, 0.5) is 5.82 Å². The minimum absolute atomic E-state index is 0.196. The van der Waals surface area contributed by atoms with E-state index in [0.717, 1.165) is 10.1 Å². The summed E-state index contributed by atoms with van der Waals surface area (Å²) in [5.74, 6) is -1.19. The van der Waals surface area contributed by atoms with E-state index in [1.54, 1.807) is 37.3 Å². The zero-order valence-electron chi connectivity index (χ0n) is 17.3. The van der Waals surface area contributed by atoms with Crippen molar-refractivity contribution in [1.29, 1.82) is 0 Å². The van der Waals surface area contributed by atoms with Gasteiger partial charge in [-0.05, 0) is 13.0 Å². The molecule has 2 N–H and O–H groups in total. The summed E-state index contributed by atoms with van der Waals surface area (Å²) in [4.78, 5) is 38.2. The van der Waals surface area contributed by atoms with Gasteiger partial charge >= 0.3 is 5.97 Å². The lowest BCUT2D eigenvalue weighted by Crippen LogP contribution is -2.33. The number of hydrogen-bond acceptors (Lipinski definition) is 7. The number of anilines is 1. The standard InChI is InChI=1S/C23H18ClN3O5S/c1-13-11-17(27-32-13)26-22(29)20(14-7-3-2-4-8-14)31-18(28)12-25-23(30)21-19(24)15-9-5-6-10-16(15)33-21/h2-11,20H,12H2,1H3,(H,25,30)(H,26,27,29). The van der Waals surface area contributed by atoms with Gasteiger partial charge in [0.1, 0.15) is 17.2 Å². The Labute approximate surface area is 197 Å². The average molecular weight is 484 g/mol. The Balaban J connectivity index is 1.43. The molecule has 0 bridgehead atoms. The molecular weight excluding hydrogens is 466 g/mol. The van der Waals surface area contributed by atoms with Crippen LogP contribution in [0.15, 0.2) is 65.2 Å². The van der Waals surface area contributed by atoms with Crippen LogP contribution < -0.4 is 10.6 Å². The molecule has 0 aliphatic carbocycles. The van der Waals surface area contributed by atoms with Crippen LogP contribution in [-0.4, -0.2) is 29.5 Å². The van der Waals surface area contributed by atoms with E-state index >= 15 is 0 Å². The van der Waals surface area contributed by atoms with Gasteiger partial charge in [-0.25, -0.2) is 0 Å². The minimum Gasteiger partial charge on any atom is -0.446 e. The molecule has 10 heteroatoms. The predicted molar refractivity (Wildman–Crippen MR) is 124 cm³/mol. The van der Waals surface area contributed by atoms with Crippen LogP contribution in [0.25, 0.3) is 10.1 Å². The van der Waals surface area contributed by atoms with Crippen LogP contribution >= 0.6 is 22.9 Å². The summed E-state index contributed by atoms with van der Waals surface area (Å²) >= 11 is 7.55. The number of carbonyl (C=O) groups is 3. The number of aryl methyl sites for hydroxylation is 1. The van der Waals surface area contributed by atoms with E-state index in [0.29, 0.717) is 21.2 Å². The van der Waals surface area contributed by atoms with Crippen LogP contribution in [0.3, 0.4) is 0 Å². The number of benzene rings is 2. The molecule has 33 heavy (non-hydrogen) atoms.